The van der Waals surface area contributed by atoms with E-state index >= 15 is 0 Å². The summed E-state index contributed by atoms with van der Waals surface area (Å²) in [6, 6.07) is 5.89. The average molecular weight is 295 g/mol. The summed E-state index contributed by atoms with van der Waals surface area (Å²) >= 11 is 6.28. The molecule has 3 heteroatoms. The minimum atomic E-state index is -0.676. The van der Waals surface area contributed by atoms with Crippen molar-refractivity contribution in [1.82, 2.24) is 0 Å². The summed E-state index contributed by atoms with van der Waals surface area (Å²) in [5, 5.41) is 10.4. The highest BCUT2D eigenvalue weighted by atomic mass is 35.5. The van der Waals surface area contributed by atoms with Gasteiger partial charge < -0.3 is 5.11 Å². The first-order chi connectivity index (χ1) is 9.24. The standard InChI is InChI=1S/C17H23ClO2/c1-12-4-5-13(14(18)10-12)11-17(15(19)20)8-6-16(2,3)7-9-17/h4-5,10H,6-9,11H2,1-3H3,(H,19,20). The maximum absolute atomic E-state index is 11.8. The number of aryl methyl sites for hydroxylation is 1. The molecule has 0 bridgehead atoms. The second-order valence-corrected chi connectivity index (χ2v) is 7.43. The first-order valence-corrected chi connectivity index (χ1v) is 7.60. The fraction of sp³-hybridized carbons (Fsp3) is 0.588. The van der Waals surface area contributed by atoms with Crippen molar-refractivity contribution in [1.29, 1.82) is 0 Å². The molecule has 2 nitrogen and oxygen atoms in total. The molecular formula is C17H23ClO2. The molecule has 20 heavy (non-hydrogen) atoms. The Morgan fingerprint density at radius 3 is 2.35 bits per heavy atom. The average Bonchev–Trinajstić information content (AvgIpc) is 2.35. The first kappa shape index (κ1) is 15.4. The van der Waals surface area contributed by atoms with Crippen LogP contribution in [0.1, 0.15) is 50.7 Å². The van der Waals surface area contributed by atoms with Crippen molar-refractivity contribution in [2.75, 3.05) is 0 Å². The van der Waals surface area contributed by atoms with Gasteiger partial charge in [-0.15, -0.1) is 0 Å². The molecule has 1 aromatic rings. The molecule has 1 fully saturated rings. The van der Waals surface area contributed by atoms with Crippen molar-refractivity contribution in [2.45, 2.75) is 52.9 Å². The third-order valence-corrected chi connectivity index (χ3v) is 5.10. The number of carboxylic acid groups (broad SMARTS) is 1. The van der Waals surface area contributed by atoms with Crippen molar-refractivity contribution in [3.63, 3.8) is 0 Å². The van der Waals surface area contributed by atoms with Gasteiger partial charge in [-0.25, -0.2) is 0 Å². The summed E-state index contributed by atoms with van der Waals surface area (Å²) in [5.41, 5.74) is 1.68. The van der Waals surface area contributed by atoms with Crippen LogP contribution in [0, 0.1) is 17.8 Å². The fourth-order valence-electron chi connectivity index (χ4n) is 3.03. The van der Waals surface area contributed by atoms with E-state index in [1.807, 2.05) is 25.1 Å². The van der Waals surface area contributed by atoms with E-state index < -0.39 is 11.4 Å². The zero-order valence-electron chi connectivity index (χ0n) is 12.5. The molecule has 0 unspecified atom stereocenters. The molecule has 0 heterocycles. The molecule has 0 aliphatic heterocycles. The second kappa shape index (κ2) is 5.40. The Kier molecular flexibility index (Phi) is 4.15. The van der Waals surface area contributed by atoms with Gasteiger partial charge in [0.05, 0.1) is 5.41 Å². The van der Waals surface area contributed by atoms with Gasteiger partial charge in [-0.05, 0) is 61.6 Å². The molecule has 1 aromatic carbocycles. The SMILES string of the molecule is Cc1ccc(CC2(C(=O)O)CCC(C)(C)CC2)c(Cl)c1. The Bertz CT molecular complexity index is 510. The van der Waals surface area contributed by atoms with Crippen LogP contribution in [0.2, 0.25) is 5.02 Å². The van der Waals surface area contributed by atoms with Gasteiger partial charge >= 0.3 is 5.97 Å². The lowest BCUT2D eigenvalue weighted by Crippen LogP contribution is -2.39. The van der Waals surface area contributed by atoms with Crippen molar-refractivity contribution >= 4 is 17.6 Å². The molecule has 1 aliphatic rings. The van der Waals surface area contributed by atoms with Crippen molar-refractivity contribution in [2.24, 2.45) is 10.8 Å². The quantitative estimate of drug-likeness (QED) is 0.864. The molecule has 110 valence electrons. The minimum Gasteiger partial charge on any atom is -0.481 e. The summed E-state index contributed by atoms with van der Waals surface area (Å²) in [4.78, 5) is 11.8. The molecule has 1 saturated carbocycles. The van der Waals surface area contributed by atoms with Gasteiger partial charge in [0, 0.05) is 5.02 Å². The largest absolute Gasteiger partial charge is 0.481 e. The van der Waals surface area contributed by atoms with Crippen molar-refractivity contribution in [3.8, 4) is 0 Å². The number of hydrogen-bond donors (Lipinski definition) is 1. The number of aliphatic carboxylic acids is 1. The molecule has 1 N–H and O–H groups in total. The Morgan fingerprint density at radius 2 is 1.85 bits per heavy atom. The topological polar surface area (TPSA) is 37.3 Å². The minimum absolute atomic E-state index is 0.260. The zero-order chi connectivity index (χ0) is 15.0. The lowest BCUT2D eigenvalue weighted by Gasteiger charge is -2.41. The third kappa shape index (κ3) is 3.17. The molecule has 2 rings (SSSR count). The highest BCUT2D eigenvalue weighted by molar-refractivity contribution is 6.31. The van der Waals surface area contributed by atoms with E-state index in [1.165, 1.54) is 0 Å². The van der Waals surface area contributed by atoms with Crippen LogP contribution in [0.15, 0.2) is 18.2 Å². The van der Waals surface area contributed by atoms with Gasteiger partial charge in [0.1, 0.15) is 0 Å². The normalized spacial score (nSPS) is 20.6. The second-order valence-electron chi connectivity index (χ2n) is 7.02. The van der Waals surface area contributed by atoms with E-state index in [0.29, 0.717) is 11.4 Å². The predicted octanol–water partition coefficient (Wildman–Crippen LogP) is 4.86. The molecular weight excluding hydrogens is 272 g/mol. The monoisotopic (exact) mass is 294 g/mol. The Labute approximate surface area is 126 Å². The Hall–Kier alpha value is -1.02. The fourth-order valence-corrected chi connectivity index (χ4v) is 3.33. The third-order valence-electron chi connectivity index (χ3n) is 4.75. The molecule has 0 radical (unpaired) electrons. The van der Waals surface area contributed by atoms with Gasteiger partial charge in [0.25, 0.3) is 0 Å². The number of hydrogen-bond acceptors (Lipinski definition) is 1. The van der Waals surface area contributed by atoms with Crippen LogP contribution in [-0.2, 0) is 11.2 Å². The highest BCUT2D eigenvalue weighted by Gasteiger charge is 2.44. The van der Waals surface area contributed by atoms with Crippen LogP contribution in [0.5, 0.6) is 0 Å². The summed E-state index contributed by atoms with van der Waals surface area (Å²) in [7, 11) is 0. The number of benzene rings is 1. The van der Waals surface area contributed by atoms with E-state index in [2.05, 4.69) is 13.8 Å². The van der Waals surface area contributed by atoms with Crippen LogP contribution in [0.25, 0.3) is 0 Å². The van der Waals surface area contributed by atoms with E-state index in [1.54, 1.807) is 0 Å². The van der Waals surface area contributed by atoms with E-state index in [-0.39, 0.29) is 5.41 Å². The van der Waals surface area contributed by atoms with Gasteiger partial charge in [0.15, 0.2) is 0 Å². The maximum atomic E-state index is 11.8. The van der Waals surface area contributed by atoms with E-state index in [9.17, 15) is 9.90 Å². The van der Waals surface area contributed by atoms with Crippen molar-refractivity contribution < 1.29 is 9.90 Å². The summed E-state index contributed by atoms with van der Waals surface area (Å²) in [6.07, 6.45) is 3.93. The molecule has 0 atom stereocenters. The summed E-state index contributed by atoms with van der Waals surface area (Å²) < 4.78 is 0. The first-order valence-electron chi connectivity index (χ1n) is 7.23. The van der Waals surface area contributed by atoms with Gasteiger partial charge in [-0.2, -0.15) is 0 Å². The lowest BCUT2D eigenvalue weighted by molar-refractivity contribution is -0.152. The molecule has 0 spiro atoms. The smallest absolute Gasteiger partial charge is 0.309 e. The number of carbonyl (C=O) groups is 1. The van der Waals surface area contributed by atoms with E-state index in [0.717, 1.165) is 36.8 Å². The van der Waals surface area contributed by atoms with Crippen LogP contribution < -0.4 is 0 Å². The van der Waals surface area contributed by atoms with Crippen LogP contribution in [0.4, 0.5) is 0 Å². The van der Waals surface area contributed by atoms with Crippen molar-refractivity contribution in [3.05, 3.63) is 34.3 Å². The van der Waals surface area contributed by atoms with Crippen LogP contribution in [0.3, 0.4) is 0 Å². The molecule has 0 amide bonds. The van der Waals surface area contributed by atoms with Crippen LogP contribution >= 0.6 is 11.6 Å². The van der Waals surface area contributed by atoms with Gasteiger partial charge in [-0.1, -0.05) is 37.6 Å². The predicted molar refractivity (Wildman–Crippen MR) is 82.2 cm³/mol. The Morgan fingerprint density at radius 1 is 1.25 bits per heavy atom. The number of rotatable bonds is 3. The molecule has 1 aliphatic carbocycles. The Balaban J connectivity index is 2.24. The van der Waals surface area contributed by atoms with Gasteiger partial charge in [0.2, 0.25) is 0 Å². The number of halogens is 1. The summed E-state index contributed by atoms with van der Waals surface area (Å²) in [5.74, 6) is -0.676. The number of carboxylic acids is 1. The van der Waals surface area contributed by atoms with Gasteiger partial charge in [-0.3, -0.25) is 4.79 Å². The van der Waals surface area contributed by atoms with E-state index in [4.69, 9.17) is 11.6 Å². The molecule has 0 aromatic heterocycles. The molecule has 0 saturated heterocycles. The van der Waals surface area contributed by atoms with Crippen LogP contribution in [-0.4, -0.2) is 11.1 Å². The maximum Gasteiger partial charge on any atom is 0.309 e. The lowest BCUT2D eigenvalue weighted by atomic mass is 9.63. The zero-order valence-corrected chi connectivity index (χ0v) is 13.3. The summed E-state index contributed by atoms with van der Waals surface area (Å²) in [6.45, 7) is 6.43. The highest BCUT2D eigenvalue weighted by Crippen LogP contribution is 2.47.